The van der Waals surface area contributed by atoms with Crippen LogP contribution in [0.5, 0.6) is 0 Å². The van der Waals surface area contributed by atoms with Crippen molar-refractivity contribution in [1.29, 1.82) is 0 Å². The zero-order chi connectivity index (χ0) is 9.47. The van der Waals surface area contributed by atoms with E-state index in [9.17, 15) is 4.79 Å². The Morgan fingerprint density at radius 3 is 2.69 bits per heavy atom. The Hall–Kier alpha value is -0.770. The summed E-state index contributed by atoms with van der Waals surface area (Å²) in [5.74, 6) is 0. The predicted molar refractivity (Wildman–Crippen MR) is 48.5 cm³/mol. The number of hydrogen-bond donors (Lipinski definition) is 2. The maximum atomic E-state index is 10.8. The first-order chi connectivity index (χ1) is 6.17. The maximum absolute atomic E-state index is 10.8. The molecule has 1 saturated carbocycles. The minimum absolute atomic E-state index is 0.0637. The molecule has 1 aliphatic carbocycles. The molecule has 1 aliphatic heterocycles. The Morgan fingerprint density at radius 1 is 1.54 bits per heavy atom. The van der Waals surface area contributed by atoms with Crippen molar-refractivity contribution in [3.05, 3.63) is 0 Å². The third-order valence-electron chi connectivity index (χ3n) is 3.47. The lowest BCUT2D eigenvalue weighted by Crippen LogP contribution is -2.49. The fourth-order valence-electron chi connectivity index (χ4n) is 2.35. The van der Waals surface area contributed by atoms with Crippen LogP contribution in [0.25, 0.3) is 0 Å². The highest BCUT2D eigenvalue weighted by Crippen LogP contribution is 2.54. The monoisotopic (exact) mass is 184 g/mol. The highest BCUT2D eigenvalue weighted by molar-refractivity contribution is 5.65. The lowest BCUT2D eigenvalue weighted by molar-refractivity contribution is 0.0871. The topological polar surface area (TPSA) is 66.6 Å². The van der Waals surface area contributed by atoms with Crippen molar-refractivity contribution in [3.63, 3.8) is 0 Å². The van der Waals surface area contributed by atoms with Gasteiger partial charge in [0, 0.05) is 19.1 Å². The first kappa shape index (κ1) is 8.81. The average Bonchev–Trinajstić information content (AvgIpc) is 2.84. The van der Waals surface area contributed by atoms with Crippen molar-refractivity contribution < 1.29 is 9.90 Å². The van der Waals surface area contributed by atoms with Crippen LogP contribution in [0.2, 0.25) is 0 Å². The van der Waals surface area contributed by atoms with Gasteiger partial charge in [-0.2, -0.15) is 0 Å². The van der Waals surface area contributed by atoms with Gasteiger partial charge >= 0.3 is 6.09 Å². The van der Waals surface area contributed by atoms with Gasteiger partial charge in [-0.05, 0) is 31.1 Å². The van der Waals surface area contributed by atoms with Crippen molar-refractivity contribution in [2.24, 2.45) is 11.1 Å². The number of nitrogens with two attached hydrogens (primary N) is 1. The first-order valence-electron chi connectivity index (χ1n) is 4.86. The summed E-state index contributed by atoms with van der Waals surface area (Å²) >= 11 is 0. The molecule has 0 unspecified atom stereocenters. The molecule has 1 spiro atoms. The number of piperidine rings is 1. The number of nitrogens with zero attached hydrogens (tertiary/aromatic N) is 1. The van der Waals surface area contributed by atoms with Crippen molar-refractivity contribution in [2.45, 2.75) is 31.7 Å². The van der Waals surface area contributed by atoms with E-state index in [1.54, 1.807) is 0 Å². The molecule has 0 radical (unpaired) electrons. The predicted octanol–water partition coefficient (Wildman–Crippen LogP) is 0.868. The normalized spacial score (nSPS) is 30.5. The molecule has 74 valence electrons. The van der Waals surface area contributed by atoms with E-state index in [-0.39, 0.29) is 6.04 Å². The Balaban J connectivity index is 2.02. The van der Waals surface area contributed by atoms with Crippen LogP contribution in [0.3, 0.4) is 0 Å². The number of hydrogen-bond acceptors (Lipinski definition) is 2. The van der Waals surface area contributed by atoms with Crippen molar-refractivity contribution >= 4 is 6.09 Å². The van der Waals surface area contributed by atoms with E-state index in [1.807, 2.05) is 0 Å². The third kappa shape index (κ3) is 1.50. The van der Waals surface area contributed by atoms with Crippen LogP contribution < -0.4 is 5.73 Å². The van der Waals surface area contributed by atoms with Gasteiger partial charge < -0.3 is 15.7 Å². The van der Waals surface area contributed by atoms with Gasteiger partial charge in [0.2, 0.25) is 0 Å². The Morgan fingerprint density at radius 2 is 2.23 bits per heavy atom. The third-order valence-corrected chi connectivity index (χ3v) is 3.47. The molecule has 2 aliphatic rings. The molecule has 4 heteroatoms. The standard InChI is InChI=1S/C9H16N2O2/c10-6-7-5-9(1-2-9)3-4-11(7)8(12)13/h7H,1-6,10H2,(H,12,13)/t7-/m0/s1. The van der Waals surface area contributed by atoms with E-state index in [2.05, 4.69) is 0 Å². The molecule has 1 amide bonds. The molecule has 0 aromatic heterocycles. The van der Waals surface area contributed by atoms with Gasteiger partial charge in [0.1, 0.15) is 0 Å². The van der Waals surface area contributed by atoms with Gasteiger partial charge in [0.15, 0.2) is 0 Å². The first-order valence-corrected chi connectivity index (χ1v) is 4.86. The van der Waals surface area contributed by atoms with E-state index in [0.29, 0.717) is 18.5 Å². The Kier molecular flexibility index (Phi) is 1.95. The number of carboxylic acid groups (broad SMARTS) is 1. The zero-order valence-electron chi connectivity index (χ0n) is 7.70. The summed E-state index contributed by atoms with van der Waals surface area (Å²) in [4.78, 5) is 12.3. The number of rotatable bonds is 1. The highest BCUT2D eigenvalue weighted by Gasteiger charge is 2.48. The van der Waals surface area contributed by atoms with E-state index < -0.39 is 6.09 Å². The lowest BCUT2D eigenvalue weighted by atomic mass is 9.88. The molecule has 2 rings (SSSR count). The molecule has 3 N–H and O–H groups in total. The van der Waals surface area contributed by atoms with E-state index >= 15 is 0 Å². The summed E-state index contributed by atoms with van der Waals surface area (Å²) in [6.07, 6.45) is 3.76. The van der Waals surface area contributed by atoms with Crippen molar-refractivity contribution in [3.8, 4) is 0 Å². The van der Waals surface area contributed by atoms with Crippen LogP contribution >= 0.6 is 0 Å². The Labute approximate surface area is 77.7 Å². The molecule has 1 heterocycles. The highest BCUT2D eigenvalue weighted by atomic mass is 16.4. The van der Waals surface area contributed by atoms with Crippen LogP contribution in [0.4, 0.5) is 4.79 Å². The number of amides is 1. The average molecular weight is 184 g/mol. The van der Waals surface area contributed by atoms with Crippen molar-refractivity contribution in [1.82, 2.24) is 4.90 Å². The molecule has 1 saturated heterocycles. The quantitative estimate of drug-likeness (QED) is 0.635. The van der Waals surface area contributed by atoms with Crippen LogP contribution in [-0.2, 0) is 0 Å². The largest absolute Gasteiger partial charge is 0.465 e. The molecule has 0 aromatic carbocycles. The summed E-state index contributed by atoms with van der Waals surface area (Å²) in [7, 11) is 0. The summed E-state index contributed by atoms with van der Waals surface area (Å²) in [6, 6.07) is 0.0637. The van der Waals surface area contributed by atoms with Gasteiger partial charge in [-0.1, -0.05) is 0 Å². The molecule has 13 heavy (non-hydrogen) atoms. The maximum Gasteiger partial charge on any atom is 0.407 e. The second kappa shape index (κ2) is 2.87. The van der Waals surface area contributed by atoms with Crippen LogP contribution in [-0.4, -0.2) is 35.2 Å². The molecule has 1 atom stereocenters. The smallest absolute Gasteiger partial charge is 0.407 e. The van der Waals surface area contributed by atoms with Gasteiger partial charge in [-0.25, -0.2) is 4.79 Å². The van der Waals surface area contributed by atoms with Gasteiger partial charge in [0.25, 0.3) is 0 Å². The summed E-state index contributed by atoms with van der Waals surface area (Å²) < 4.78 is 0. The van der Waals surface area contributed by atoms with Gasteiger partial charge in [-0.3, -0.25) is 0 Å². The minimum Gasteiger partial charge on any atom is -0.465 e. The molecule has 2 fully saturated rings. The SMILES string of the molecule is NC[C@@H]1CC2(CCN1C(=O)O)CC2. The van der Waals surface area contributed by atoms with Gasteiger partial charge in [-0.15, -0.1) is 0 Å². The van der Waals surface area contributed by atoms with E-state index in [1.165, 1.54) is 17.7 Å². The second-order valence-electron chi connectivity index (χ2n) is 4.32. The molecular formula is C9H16N2O2. The second-order valence-corrected chi connectivity index (χ2v) is 4.32. The van der Waals surface area contributed by atoms with Crippen LogP contribution in [0.1, 0.15) is 25.7 Å². The minimum atomic E-state index is -0.814. The zero-order valence-corrected chi connectivity index (χ0v) is 7.70. The number of carbonyl (C=O) groups is 1. The van der Waals surface area contributed by atoms with Crippen LogP contribution in [0.15, 0.2) is 0 Å². The van der Waals surface area contributed by atoms with E-state index in [0.717, 1.165) is 12.8 Å². The van der Waals surface area contributed by atoms with E-state index in [4.69, 9.17) is 10.8 Å². The Bertz CT molecular complexity index is 226. The lowest BCUT2D eigenvalue weighted by Gasteiger charge is -2.37. The number of likely N-dealkylation sites (tertiary alicyclic amines) is 1. The molecule has 0 bridgehead atoms. The summed E-state index contributed by atoms with van der Waals surface area (Å²) in [6.45, 7) is 1.14. The fraction of sp³-hybridized carbons (Fsp3) is 0.889. The molecule has 4 nitrogen and oxygen atoms in total. The van der Waals surface area contributed by atoms with Crippen molar-refractivity contribution in [2.75, 3.05) is 13.1 Å². The molecular weight excluding hydrogens is 168 g/mol. The summed E-state index contributed by atoms with van der Waals surface area (Å²) in [5, 5.41) is 8.90. The van der Waals surface area contributed by atoms with Crippen LogP contribution in [0, 0.1) is 5.41 Å². The fourth-order valence-corrected chi connectivity index (χ4v) is 2.35. The van der Waals surface area contributed by atoms with Gasteiger partial charge in [0.05, 0.1) is 0 Å². The summed E-state index contributed by atoms with van der Waals surface area (Å²) in [5.41, 5.74) is 6.06. The molecule has 0 aromatic rings.